The first-order valence-corrected chi connectivity index (χ1v) is 12.7. The van der Waals surface area contributed by atoms with Gasteiger partial charge in [0.15, 0.2) is 0 Å². The van der Waals surface area contributed by atoms with Crippen LogP contribution in [0.4, 0.5) is 39.5 Å². The van der Waals surface area contributed by atoms with E-state index in [2.05, 4.69) is 9.21 Å². The van der Waals surface area contributed by atoms with Crippen LogP contribution in [-0.2, 0) is 18.3 Å². The van der Waals surface area contributed by atoms with Crippen LogP contribution < -0.4 is 0 Å². The minimum absolute atomic E-state index is 0.385. The van der Waals surface area contributed by atoms with Crippen molar-refractivity contribution in [1.29, 1.82) is 0 Å². The molecule has 1 aliphatic rings. The van der Waals surface area contributed by atoms with Gasteiger partial charge < -0.3 is 5.11 Å². The van der Waals surface area contributed by atoms with Crippen molar-refractivity contribution in [1.82, 2.24) is 9.21 Å². The number of benzene rings is 3. The third-order valence-corrected chi connectivity index (χ3v) is 7.67. The fourth-order valence-corrected chi connectivity index (χ4v) is 5.19. The molecule has 0 atom stereocenters. The van der Waals surface area contributed by atoms with Crippen molar-refractivity contribution in [3.05, 3.63) is 89.5 Å². The molecule has 0 unspecified atom stereocenters. The van der Waals surface area contributed by atoms with Crippen LogP contribution >= 0.6 is 11.9 Å². The van der Waals surface area contributed by atoms with Crippen LogP contribution in [0.3, 0.4) is 0 Å². The zero-order chi connectivity index (χ0) is 29.3. The first kappa shape index (κ1) is 30.2. The molecule has 0 aromatic heterocycles. The first-order chi connectivity index (χ1) is 18.6. The third-order valence-electron chi connectivity index (χ3n) is 6.56. The number of nitrogens with zero attached hydrogens (tertiary/aromatic N) is 2. The van der Waals surface area contributed by atoms with E-state index >= 15 is 0 Å². The zero-order valence-electron chi connectivity index (χ0n) is 20.6. The minimum atomic E-state index is -5.94. The Labute approximate surface area is 228 Å². The van der Waals surface area contributed by atoms with Gasteiger partial charge in [0.1, 0.15) is 0 Å². The molecule has 0 bridgehead atoms. The minimum Gasteiger partial charge on any atom is -0.369 e. The Morgan fingerprint density at radius 2 is 1.05 bits per heavy atom. The van der Waals surface area contributed by atoms with Gasteiger partial charge in [0.25, 0.3) is 5.60 Å². The smallest absolute Gasteiger partial charge is 0.369 e. The average Bonchev–Trinajstić information content (AvgIpc) is 2.88. The van der Waals surface area contributed by atoms with Crippen LogP contribution in [0.2, 0.25) is 0 Å². The maximum atomic E-state index is 13.1. The Hall–Kier alpha value is -2.74. The second-order valence-electron chi connectivity index (χ2n) is 9.30. The number of hydrogen-bond acceptors (Lipinski definition) is 4. The summed E-state index contributed by atoms with van der Waals surface area (Å²) in [6.45, 7) is 3.44. The van der Waals surface area contributed by atoms with Gasteiger partial charge in [-0.05, 0) is 52.9 Å². The van der Waals surface area contributed by atoms with Crippen molar-refractivity contribution < 1.29 is 44.6 Å². The summed E-state index contributed by atoms with van der Waals surface area (Å²) in [6.07, 6.45) is -16.3. The maximum absolute atomic E-state index is 13.1. The van der Waals surface area contributed by atoms with Gasteiger partial charge in [-0.3, -0.25) is 4.90 Å². The first-order valence-electron chi connectivity index (χ1n) is 12.0. The number of aliphatic hydroxyl groups is 1. The van der Waals surface area contributed by atoms with Crippen molar-refractivity contribution in [2.45, 2.75) is 35.6 Å². The van der Waals surface area contributed by atoms with Crippen LogP contribution in [0.5, 0.6) is 0 Å². The van der Waals surface area contributed by atoms with Crippen molar-refractivity contribution in [3.63, 3.8) is 0 Å². The number of hydrogen-bond donors (Lipinski definition) is 1. The molecule has 0 aliphatic carbocycles. The second kappa shape index (κ2) is 11.3. The lowest BCUT2D eigenvalue weighted by molar-refractivity contribution is -0.376. The van der Waals surface area contributed by atoms with Gasteiger partial charge in [-0.15, -0.1) is 0 Å². The summed E-state index contributed by atoms with van der Waals surface area (Å²) in [7, 11) is 0. The highest BCUT2D eigenvalue weighted by molar-refractivity contribution is 7.97. The van der Waals surface area contributed by atoms with E-state index in [1.54, 1.807) is 12.1 Å². The lowest BCUT2D eigenvalue weighted by atomic mass is 9.90. The molecule has 4 rings (SSSR count). The molecule has 1 N–H and O–H groups in total. The van der Waals surface area contributed by atoms with Gasteiger partial charge in [-0.25, -0.2) is 4.31 Å². The summed E-state index contributed by atoms with van der Waals surface area (Å²) in [5, 5.41) is 9.54. The summed E-state index contributed by atoms with van der Waals surface area (Å²) in [5.74, 6) is 0. The predicted molar refractivity (Wildman–Crippen MR) is 132 cm³/mol. The van der Waals surface area contributed by atoms with Gasteiger partial charge in [0.2, 0.25) is 0 Å². The fraction of sp³-hybridized carbons (Fsp3) is 0.333. The van der Waals surface area contributed by atoms with Gasteiger partial charge in [0.05, 0.1) is 5.56 Å². The highest BCUT2D eigenvalue weighted by Crippen LogP contribution is 2.50. The molecule has 0 radical (unpaired) electrons. The van der Waals surface area contributed by atoms with Crippen LogP contribution in [0, 0.1) is 0 Å². The Balaban J connectivity index is 1.32. The standard InChI is InChI=1S/C27H23F9N2OS/c28-25(29,30)22-9-11-23(12-10-22)40-38-15-13-37(14-16-38)17-18-1-3-19(4-2-18)20-5-7-21(8-6-20)24(39,26(31,32)33)27(34,35)36/h1-12,39H,13-17H2. The van der Waals surface area contributed by atoms with Gasteiger partial charge in [-0.1, -0.05) is 48.5 Å². The summed E-state index contributed by atoms with van der Waals surface area (Å²) < 4.78 is 119. The molecule has 3 nitrogen and oxygen atoms in total. The molecule has 0 saturated carbocycles. The molecule has 40 heavy (non-hydrogen) atoms. The monoisotopic (exact) mass is 594 g/mol. The van der Waals surface area contributed by atoms with Gasteiger partial charge >= 0.3 is 18.5 Å². The number of alkyl halides is 9. The number of rotatable bonds is 6. The van der Waals surface area contributed by atoms with E-state index in [0.29, 0.717) is 47.8 Å². The van der Waals surface area contributed by atoms with E-state index in [1.165, 1.54) is 24.1 Å². The Morgan fingerprint density at radius 1 is 0.600 bits per heavy atom. The Kier molecular flexibility index (Phi) is 8.51. The average molecular weight is 595 g/mol. The van der Waals surface area contributed by atoms with Crippen molar-refractivity contribution >= 4 is 11.9 Å². The largest absolute Gasteiger partial charge is 0.430 e. The van der Waals surface area contributed by atoms with E-state index < -0.39 is 35.3 Å². The maximum Gasteiger partial charge on any atom is 0.430 e. The van der Waals surface area contributed by atoms with Crippen LogP contribution in [0.25, 0.3) is 11.1 Å². The SMILES string of the molecule is OC(c1ccc(-c2ccc(CN3CCN(Sc4ccc(C(F)(F)F)cc4)CC3)cc2)cc1)(C(F)(F)F)C(F)(F)F. The third kappa shape index (κ3) is 6.59. The van der Waals surface area contributed by atoms with E-state index in [1.807, 2.05) is 12.1 Å². The quantitative estimate of drug-likeness (QED) is 0.236. The summed E-state index contributed by atoms with van der Waals surface area (Å²) in [4.78, 5) is 2.91. The Bertz CT molecular complexity index is 1250. The van der Waals surface area contributed by atoms with Gasteiger partial charge in [0, 0.05) is 43.2 Å². The topological polar surface area (TPSA) is 26.7 Å². The molecular weight excluding hydrogens is 571 g/mol. The highest BCUT2D eigenvalue weighted by Gasteiger charge is 2.71. The van der Waals surface area contributed by atoms with Crippen molar-refractivity contribution in [2.24, 2.45) is 0 Å². The molecule has 1 aliphatic heterocycles. The highest BCUT2D eigenvalue weighted by atomic mass is 32.2. The Morgan fingerprint density at radius 3 is 1.50 bits per heavy atom. The van der Waals surface area contributed by atoms with E-state index in [-0.39, 0.29) is 0 Å². The van der Waals surface area contributed by atoms with E-state index in [0.717, 1.165) is 42.9 Å². The molecule has 0 amide bonds. The molecule has 1 fully saturated rings. The molecule has 3 aromatic carbocycles. The number of piperazine rings is 1. The second-order valence-corrected chi connectivity index (χ2v) is 10.5. The van der Waals surface area contributed by atoms with E-state index in [9.17, 15) is 44.6 Å². The molecule has 3 aromatic rings. The van der Waals surface area contributed by atoms with Gasteiger partial charge in [-0.2, -0.15) is 39.5 Å². The lowest BCUT2D eigenvalue weighted by Gasteiger charge is -2.33. The molecule has 0 spiro atoms. The predicted octanol–water partition coefficient (Wildman–Crippen LogP) is 7.51. The van der Waals surface area contributed by atoms with E-state index in [4.69, 9.17) is 0 Å². The lowest BCUT2D eigenvalue weighted by Crippen LogP contribution is -2.53. The zero-order valence-corrected chi connectivity index (χ0v) is 21.4. The molecule has 13 heteroatoms. The van der Waals surface area contributed by atoms with Crippen LogP contribution in [-0.4, -0.2) is 52.8 Å². The summed E-state index contributed by atoms with van der Waals surface area (Å²) in [5.41, 5.74) is -5.06. The van der Waals surface area contributed by atoms with Crippen molar-refractivity contribution in [3.8, 4) is 11.1 Å². The van der Waals surface area contributed by atoms with Crippen LogP contribution in [0.1, 0.15) is 16.7 Å². The normalized spacial score (nSPS) is 16.4. The number of halogens is 9. The molecular formula is C27H23F9N2OS. The van der Waals surface area contributed by atoms with Crippen molar-refractivity contribution in [2.75, 3.05) is 26.2 Å². The summed E-state index contributed by atoms with van der Waals surface area (Å²) >= 11 is 1.40. The molecule has 216 valence electrons. The van der Waals surface area contributed by atoms with Crippen LogP contribution in [0.15, 0.2) is 77.7 Å². The summed E-state index contributed by atoms with van der Waals surface area (Å²) in [6, 6.07) is 15.5. The molecule has 1 heterocycles. The fourth-order valence-electron chi connectivity index (χ4n) is 4.29. The molecule has 1 saturated heterocycles.